The SMILES string of the molecule is CC(=Cc1ccccc1)C(O)C1=CCCCC1. The minimum atomic E-state index is -0.393. The van der Waals surface area contributed by atoms with Crippen molar-refractivity contribution in [2.24, 2.45) is 0 Å². The third-order valence-corrected chi connectivity index (χ3v) is 3.30. The maximum absolute atomic E-state index is 10.3. The van der Waals surface area contributed by atoms with Crippen LogP contribution >= 0.6 is 0 Å². The maximum atomic E-state index is 10.3. The molecule has 0 saturated carbocycles. The molecule has 1 aromatic rings. The Morgan fingerprint density at radius 3 is 2.65 bits per heavy atom. The zero-order valence-corrected chi connectivity index (χ0v) is 10.4. The van der Waals surface area contributed by atoms with Crippen molar-refractivity contribution < 1.29 is 5.11 Å². The second-order valence-electron chi connectivity index (χ2n) is 4.73. The Balaban J connectivity index is 2.11. The summed E-state index contributed by atoms with van der Waals surface area (Å²) in [5.74, 6) is 0. The molecule has 0 saturated heterocycles. The van der Waals surface area contributed by atoms with Gasteiger partial charge in [-0.15, -0.1) is 0 Å². The van der Waals surface area contributed by atoms with Crippen LogP contribution in [0.2, 0.25) is 0 Å². The van der Waals surface area contributed by atoms with E-state index in [2.05, 4.69) is 24.3 Å². The number of rotatable bonds is 3. The average Bonchev–Trinajstić information content (AvgIpc) is 2.40. The average molecular weight is 228 g/mol. The van der Waals surface area contributed by atoms with E-state index in [1.54, 1.807) is 0 Å². The largest absolute Gasteiger partial charge is 0.384 e. The fraction of sp³-hybridized carbons (Fsp3) is 0.375. The number of hydrogen-bond donors (Lipinski definition) is 1. The molecule has 0 amide bonds. The monoisotopic (exact) mass is 228 g/mol. The highest BCUT2D eigenvalue weighted by Gasteiger charge is 2.14. The lowest BCUT2D eigenvalue weighted by Gasteiger charge is -2.19. The summed E-state index contributed by atoms with van der Waals surface area (Å²) in [6.07, 6.45) is 8.51. The van der Waals surface area contributed by atoms with E-state index >= 15 is 0 Å². The van der Waals surface area contributed by atoms with Crippen molar-refractivity contribution in [2.75, 3.05) is 0 Å². The first-order valence-electron chi connectivity index (χ1n) is 6.37. The van der Waals surface area contributed by atoms with Gasteiger partial charge in [0.05, 0.1) is 6.10 Å². The summed E-state index contributed by atoms with van der Waals surface area (Å²) in [5.41, 5.74) is 3.38. The van der Waals surface area contributed by atoms with Crippen LogP contribution in [0.5, 0.6) is 0 Å². The highest BCUT2D eigenvalue weighted by atomic mass is 16.3. The molecule has 0 heterocycles. The molecule has 1 aromatic carbocycles. The Bertz CT molecular complexity index is 414. The lowest BCUT2D eigenvalue weighted by molar-refractivity contribution is 0.240. The number of aliphatic hydroxyl groups excluding tert-OH is 1. The van der Waals surface area contributed by atoms with Gasteiger partial charge < -0.3 is 5.11 Å². The van der Waals surface area contributed by atoms with Gasteiger partial charge in [-0.1, -0.05) is 42.5 Å². The molecule has 1 aliphatic carbocycles. The Morgan fingerprint density at radius 2 is 2.00 bits per heavy atom. The van der Waals surface area contributed by atoms with E-state index in [9.17, 15) is 5.11 Å². The third-order valence-electron chi connectivity index (χ3n) is 3.30. The summed E-state index contributed by atoms with van der Waals surface area (Å²) in [4.78, 5) is 0. The zero-order chi connectivity index (χ0) is 12.1. The highest BCUT2D eigenvalue weighted by Crippen LogP contribution is 2.24. The fourth-order valence-electron chi connectivity index (χ4n) is 2.29. The van der Waals surface area contributed by atoms with Crippen molar-refractivity contribution in [1.29, 1.82) is 0 Å². The van der Waals surface area contributed by atoms with Crippen molar-refractivity contribution in [1.82, 2.24) is 0 Å². The van der Waals surface area contributed by atoms with Crippen LogP contribution in [0, 0.1) is 0 Å². The molecule has 1 heteroatoms. The minimum absolute atomic E-state index is 0.393. The van der Waals surface area contributed by atoms with Crippen LogP contribution < -0.4 is 0 Å². The van der Waals surface area contributed by atoms with Gasteiger partial charge in [-0.25, -0.2) is 0 Å². The zero-order valence-electron chi connectivity index (χ0n) is 10.4. The van der Waals surface area contributed by atoms with Gasteiger partial charge in [0.25, 0.3) is 0 Å². The minimum Gasteiger partial charge on any atom is -0.384 e. The Kier molecular flexibility index (Phi) is 4.16. The first kappa shape index (κ1) is 12.1. The van der Waals surface area contributed by atoms with E-state index in [1.807, 2.05) is 25.1 Å². The van der Waals surface area contributed by atoms with E-state index in [0.717, 1.165) is 24.0 Å². The standard InChI is InChI=1S/C16H20O/c1-13(12-14-8-4-2-5-9-14)16(17)15-10-6-3-7-11-15/h2,4-5,8-10,12,16-17H,3,6-7,11H2,1H3. The van der Waals surface area contributed by atoms with Crippen LogP contribution in [0.3, 0.4) is 0 Å². The van der Waals surface area contributed by atoms with Crippen molar-refractivity contribution in [3.63, 3.8) is 0 Å². The lowest BCUT2D eigenvalue weighted by Crippen LogP contribution is -2.13. The second-order valence-corrected chi connectivity index (χ2v) is 4.73. The van der Waals surface area contributed by atoms with Crippen molar-refractivity contribution in [3.05, 3.63) is 53.1 Å². The van der Waals surface area contributed by atoms with Gasteiger partial charge in [-0.05, 0) is 49.3 Å². The molecule has 1 aliphatic rings. The Hall–Kier alpha value is -1.34. The third kappa shape index (κ3) is 3.31. The van der Waals surface area contributed by atoms with E-state index in [1.165, 1.54) is 18.4 Å². The molecule has 1 N–H and O–H groups in total. The molecule has 1 unspecified atom stereocenters. The topological polar surface area (TPSA) is 20.2 Å². The molecule has 2 rings (SSSR count). The van der Waals surface area contributed by atoms with Gasteiger partial charge in [-0.3, -0.25) is 0 Å². The summed E-state index contributed by atoms with van der Waals surface area (Å²) in [7, 11) is 0. The molecule has 0 radical (unpaired) electrons. The first-order valence-corrected chi connectivity index (χ1v) is 6.37. The molecular weight excluding hydrogens is 208 g/mol. The van der Waals surface area contributed by atoms with E-state index in [-0.39, 0.29) is 0 Å². The smallest absolute Gasteiger partial charge is 0.0961 e. The summed E-state index contributed by atoms with van der Waals surface area (Å²) in [6.45, 7) is 2.01. The van der Waals surface area contributed by atoms with Gasteiger partial charge in [0, 0.05) is 0 Å². The normalized spacial score (nSPS) is 18.7. The maximum Gasteiger partial charge on any atom is 0.0961 e. The predicted octanol–water partition coefficient (Wildman–Crippen LogP) is 3.95. The second kappa shape index (κ2) is 5.83. The molecule has 1 nitrogen and oxygen atoms in total. The van der Waals surface area contributed by atoms with Gasteiger partial charge in [0.2, 0.25) is 0 Å². The summed E-state index contributed by atoms with van der Waals surface area (Å²) in [6, 6.07) is 10.2. The van der Waals surface area contributed by atoms with Crippen LogP contribution in [-0.2, 0) is 0 Å². The summed E-state index contributed by atoms with van der Waals surface area (Å²) in [5, 5.41) is 10.3. The predicted molar refractivity (Wildman–Crippen MR) is 72.7 cm³/mol. The number of aliphatic hydroxyl groups is 1. The van der Waals surface area contributed by atoms with E-state index < -0.39 is 6.10 Å². The molecule has 0 bridgehead atoms. The van der Waals surface area contributed by atoms with Crippen molar-refractivity contribution >= 4 is 6.08 Å². The molecule has 1 atom stereocenters. The fourth-order valence-corrected chi connectivity index (χ4v) is 2.29. The molecule has 0 aliphatic heterocycles. The van der Waals surface area contributed by atoms with Crippen LogP contribution in [-0.4, -0.2) is 11.2 Å². The number of allylic oxidation sites excluding steroid dienone is 1. The Morgan fingerprint density at radius 1 is 1.24 bits per heavy atom. The molecular formula is C16H20O. The van der Waals surface area contributed by atoms with Gasteiger partial charge in [0.1, 0.15) is 0 Å². The quantitative estimate of drug-likeness (QED) is 0.777. The van der Waals surface area contributed by atoms with Gasteiger partial charge in [-0.2, -0.15) is 0 Å². The molecule has 17 heavy (non-hydrogen) atoms. The Labute approximate surface area is 103 Å². The molecule has 90 valence electrons. The van der Waals surface area contributed by atoms with E-state index in [0.29, 0.717) is 0 Å². The van der Waals surface area contributed by atoms with Crippen LogP contribution in [0.1, 0.15) is 38.2 Å². The summed E-state index contributed by atoms with van der Waals surface area (Å²) < 4.78 is 0. The lowest BCUT2D eigenvalue weighted by atomic mass is 9.91. The highest BCUT2D eigenvalue weighted by molar-refractivity contribution is 5.54. The van der Waals surface area contributed by atoms with Gasteiger partial charge >= 0.3 is 0 Å². The molecule has 0 spiro atoms. The summed E-state index contributed by atoms with van der Waals surface area (Å²) >= 11 is 0. The van der Waals surface area contributed by atoms with E-state index in [4.69, 9.17) is 0 Å². The van der Waals surface area contributed by atoms with Gasteiger partial charge in [0.15, 0.2) is 0 Å². The molecule has 0 aromatic heterocycles. The number of benzene rings is 1. The van der Waals surface area contributed by atoms with Crippen molar-refractivity contribution in [2.45, 2.75) is 38.7 Å². The molecule has 0 fully saturated rings. The van der Waals surface area contributed by atoms with Crippen LogP contribution in [0.25, 0.3) is 6.08 Å². The van der Waals surface area contributed by atoms with Crippen molar-refractivity contribution in [3.8, 4) is 0 Å². The van der Waals surface area contributed by atoms with Crippen LogP contribution in [0.15, 0.2) is 47.6 Å². The first-order chi connectivity index (χ1) is 8.27. The number of hydrogen-bond acceptors (Lipinski definition) is 1. The van der Waals surface area contributed by atoms with Crippen LogP contribution in [0.4, 0.5) is 0 Å².